The third-order valence-electron chi connectivity index (χ3n) is 5.02. The molecule has 0 amide bonds. The summed E-state index contributed by atoms with van der Waals surface area (Å²) in [5.41, 5.74) is 2.83. The van der Waals surface area contributed by atoms with E-state index in [1.807, 2.05) is 12.2 Å². The Balaban J connectivity index is 2.18. The topological polar surface area (TPSA) is 3.24 Å². The number of hydrogen-bond acceptors (Lipinski definition) is 1. The van der Waals surface area contributed by atoms with E-state index in [9.17, 15) is 0 Å². The molecule has 0 aliphatic carbocycles. The van der Waals surface area contributed by atoms with Gasteiger partial charge in [-0.3, -0.25) is 0 Å². The minimum absolute atomic E-state index is 0.109. The van der Waals surface area contributed by atoms with Gasteiger partial charge in [0.15, 0.2) is 0 Å². The van der Waals surface area contributed by atoms with Crippen LogP contribution in [0.5, 0.6) is 0 Å². The van der Waals surface area contributed by atoms with Crippen molar-refractivity contribution in [3.05, 3.63) is 72.9 Å². The lowest BCUT2D eigenvalue weighted by Crippen LogP contribution is -2.38. The Labute approximate surface area is 142 Å². The summed E-state index contributed by atoms with van der Waals surface area (Å²) in [6.45, 7) is 15.0. The minimum atomic E-state index is 0.109. The van der Waals surface area contributed by atoms with Gasteiger partial charge in [0.2, 0.25) is 0 Å². The first-order chi connectivity index (χ1) is 11.1. The van der Waals surface area contributed by atoms with Crippen LogP contribution in [0, 0.1) is 5.41 Å². The zero-order chi connectivity index (χ0) is 16.7. The molecule has 124 valence electrons. The van der Waals surface area contributed by atoms with Gasteiger partial charge in [-0.25, -0.2) is 0 Å². The highest BCUT2D eigenvalue weighted by molar-refractivity contribution is 5.28. The molecule has 1 aromatic carbocycles. The van der Waals surface area contributed by atoms with Gasteiger partial charge >= 0.3 is 0 Å². The molecule has 1 atom stereocenters. The van der Waals surface area contributed by atoms with Gasteiger partial charge in [-0.05, 0) is 55.3 Å². The quantitative estimate of drug-likeness (QED) is 0.580. The fraction of sp³-hybridized carbons (Fsp3) is 0.455. The van der Waals surface area contributed by atoms with E-state index in [-0.39, 0.29) is 5.41 Å². The average Bonchev–Trinajstić information content (AvgIpc) is 3.07. The Morgan fingerprint density at radius 1 is 1.17 bits per heavy atom. The van der Waals surface area contributed by atoms with Gasteiger partial charge in [-0.2, -0.15) is 0 Å². The molecule has 0 bridgehead atoms. The lowest BCUT2D eigenvalue weighted by atomic mass is 9.77. The largest absolute Gasteiger partial charge is 0.300 e. The van der Waals surface area contributed by atoms with E-state index in [4.69, 9.17) is 0 Å². The third kappa shape index (κ3) is 4.94. The molecule has 0 spiro atoms. The van der Waals surface area contributed by atoms with Crippen LogP contribution in [0.4, 0.5) is 0 Å². The van der Waals surface area contributed by atoms with Crippen LogP contribution in [0.1, 0.15) is 38.7 Å². The Kier molecular flexibility index (Phi) is 6.41. The van der Waals surface area contributed by atoms with Crippen molar-refractivity contribution in [3.63, 3.8) is 0 Å². The number of likely N-dealkylation sites (tertiary alicyclic amines) is 1. The number of nitrogens with zero attached hydrogens (tertiary/aromatic N) is 1. The fourth-order valence-corrected chi connectivity index (χ4v) is 3.73. The number of hydrogen-bond donors (Lipinski definition) is 0. The summed E-state index contributed by atoms with van der Waals surface area (Å²) in [7, 11) is 0. The smallest absolute Gasteiger partial charge is 0.0144 e. The van der Waals surface area contributed by atoms with Gasteiger partial charge in [0.25, 0.3) is 0 Å². The second-order valence-corrected chi connectivity index (χ2v) is 7.24. The molecule has 0 aromatic heterocycles. The standard InChI is InChI=1S/C22H31N/c1-5-12-20(6-2)22(3,4)18-21(23-15-10-11-16-23)17-19-13-8-7-9-14-19/h5-9,12-14,21H,1-2,10-11,15-18H2,3-4H3/b20-12+. The number of benzene rings is 1. The predicted molar refractivity (Wildman–Crippen MR) is 102 cm³/mol. The van der Waals surface area contributed by atoms with Crippen LogP contribution < -0.4 is 0 Å². The van der Waals surface area contributed by atoms with Crippen molar-refractivity contribution in [2.75, 3.05) is 13.1 Å². The molecule has 1 nitrogen and oxygen atoms in total. The molecule has 1 saturated heterocycles. The van der Waals surface area contributed by atoms with Crippen LogP contribution in [-0.4, -0.2) is 24.0 Å². The van der Waals surface area contributed by atoms with Crippen LogP contribution >= 0.6 is 0 Å². The summed E-state index contributed by atoms with van der Waals surface area (Å²) in [6, 6.07) is 11.5. The molecular weight excluding hydrogens is 278 g/mol. The average molecular weight is 309 g/mol. The first-order valence-electron chi connectivity index (χ1n) is 8.80. The van der Waals surface area contributed by atoms with Crippen LogP contribution in [0.2, 0.25) is 0 Å². The van der Waals surface area contributed by atoms with E-state index in [0.29, 0.717) is 6.04 Å². The molecular formula is C22H31N. The highest BCUT2D eigenvalue weighted by atomic mass is 15.2. The summed E-state index contributed by atoms with van der Waals surface area (Å²) in [6.07, 6.45) is 10.9. The molecule has 0 radical (unpaired) electrons. The molecule has 23 heavy (non-hydrogen) atoms. The Morgan fingerprint density at radius 3 is 2.39 bits per heavy atom. The number of allylic oxidation sites excluding steroid dienone is 4. The third-order valence-corrected chi connectivity index (χ3v) is 5.02. The van der Waals surface area contributed by atoms with Gasteiger partial charge in [-0.1, -0.05) is 75.6 Å². The zero-order valence-corrected chi connectivity index (χ0v) is 14.8. The van der Waals surface area contributed by atoms with Crippen LogP contribution in [-0.2, 0) is 6.42 Å². The molecule has 1 heterocycles. The maximum absolute atomic E-state index is 4.01. The molecule has 1 aliphatic rings. The number of rotatable bonds is 8. The lowest BCUT2D eigenvalue weighted by Gasteiger charge is -2.36. The summed E-state index contributed by atoms with van der Waals surface area (Å²) < 4.78 is 0. The highest BCUT2D eigenvalue weighted by Crippen LogP contribution is 2.35. The van der Waals surface area contributed by atoms with Crippen LogP contribution in [0.25, 0.3) is 0 Å². The maximum Gasteiger partial charge on any atom is 0.0144 e. The van der Waals surface area contributed by atoms with Gasteiger partial charge in [-0.15, -0.1) is 0 Å². The molecule has 2 rings (SSSR count). The monoisotopic (exact) mass is 309 g/mol. The Hall–Kier alpha value is -1.60. The van der Waals surface area contributed by atoms with E-state index in [1.54, 1.807) is 0 Å². The maximum atomic E-state index is 4.01. The summed E-state index contributed by atoms with van der Waals surface area (Å²) >= 11 is 0. The fourth-order valence-electron chi connectivity index (χ4n) is 3.73. The summed E-state index contributed by atoms with van der Waals surface area (Å²) in [5.74, 6) is 0. The molecule has 1 heteroatoms. The zero-order valence-electron chi connectivity index (χ0n) is 14.8. The molecule has 0 saturated carbocycles. The van der Waals surface area contributed by atoms with Crippen molar-refractivity contribution < 1.29 is 0 Å². The van der Waals surface area contributed by atoms with Crippen LogP contribution in [0.15, 0.2) is 67.3 Å². The Bertz CT molecular complexity index is 532. The molecule has 1 aliphatic heterocycles. The van der Waals surface area contributed by atoms with Gasteiger partial charge in [0, 0.05) is 6.04 Å². The van der Waals surface area contributed by atoms with E-state index in [0.717, 1.165) is 12.8 Å². The highest BCUT2D eigenvalue weighted by Gasteiger charge is 2.30. The van der Waals surface area contributed by atoms with Crippen molar-refractivity contribution >= 4 is 0 Å². The van der Waals surface area contributed by atoms with Crippen molar-refractivity contribution in [1.29, 1.82) is 0 Å². The second kappa shape index (κ2) is 8.31. The van der Waals surface area contributed by atoms with E-state index in [1.165, 1.54) is 37.1 Å². The first kappa shape index (κ1) is 17.7. The van der Waals surface area contributed by atoms with Gasteiger partial charge < -0.3 is 4.90 Å². The SMILES string of the molecule is C=C/C=C(\C=C)C(C)(C)CC(Cc1ccccc1)N1CCCC1. The molecule has 0 N–H and O–H groups in total. The van der Waals surface area contributed by atoms with Crippen molar-refractivity contribution in [3.8, 4) is 0 Å². The van der Waals surface area contributed by atoms with Crippen LogP contribution in [0.3, 0.4) is 0 Å². The van der Waals surface area contributed by atoms with E-state index >= 15 is 0 Å². The predicted octanol–water partition coefficient (Wildman–Crippen LogP) is 5.41. The van der Waals surface area contributed by atoms with Crippen molar-refractivity contribution in [2.45, 2.75) is 45.6 Å². The summed E-state index contributed by atoms with van der Waals surface area (Å²) in [5, 5.41) is 0. The molecule has 1 fully saturated rings. The first-order valence-corrected chi connectivity index (χ1v) is 8.80. The van der Waals surface area contributed by atoms with Crippen molar-refractivity contribution in [2.24, 2.45) is 5.41 Å². The van der Waals surface area contributed by atoms with E-state index < -0.39 is 0 Å². The molecule has 1 unspecified atom stereocenters. The van der Waals surface area contributed by atoms with Gasteiger partial charge in [0.1, 0.15) is 0 Å². The summed E-state index contributed by atoms with van der Waals surface area (Å²) in [4.78, 5) is 2.68. The van der Waals surface area contributed by atoms with Gasteiger partial charge in [0.05, 0.1) is 0 Å². The minimum Gasteiger partial charge on any atom is -0.300 e. The Morgan fingerprint density at radius 2 is 1.83 bits per heavy atom. The molecule has 1 aromatic rings. The lowest BCUT2D eigenvalue weighted by molar-refractivity contribution is 0.186. The van der Waals surface area contributed by atoms with Crippen molar-refractivity contribution in [1.82, 2.24) is 4.90 Å². The van der Waals surface area contributed by atoms with E-state index in [2.05, 4.69) is 68.3 Å². The second-order valence-electron chi connectivity index (χ2n) is 7.24. The normalized spacial score (nSPS) is 17.9.